The molecule has 18 heavy (non-hydrogen) atoms. The number of hydrogen-bond donors (Lipinski definition) is 0. The second-order valence-corrected chi connectivity index (χ2v) is 6.60. The molecular formula is C15H32O2S. The lowest BCUT2D eigenvalue weighted by Crippen LogP contribution is -2.24. The third-order valence-electron chi connectivity index (χ3n) is 2.23. The maximum absolute atomic E-state index is 10.9. The van der Waals surface area contributed by atoms with Crippen LogP contribution in [0.25, 0.3) is 0 Å². The highest BCUT2D eigenvalue weighted by molar-refractivity contribution is 7.99. The molecule has 0 spiro atoms. The number of thioether (sulfide) groups is 1. The summed E-state index contributed by atoms with van der Waals surface area (Å²) in [7, 11) is 0. The first-order valence-corrected chi connectivity index (χ1v) is 8.18. The highest BCUT2D eigenvalue weighted by atomic mass is 32.2. The predicted octanol–water partition coefficient (Wildman–Crippen LogP) is 4.42. The zero-order chi connectivity index (χ0) is 14.6. The van der Waals surface area contributed by atoms with Gasteiger partial charge in [-0.05, 0) is 24.0 Å². The Morgan fingerprint density at radius 1 is 1.33 bits per heavy atom. The van der Waals surface area contributed by atoms with E-state index in [0.717, 1.165) is 18.1 Å². The Balaban J connectivity index is 0. The first-order chi connectivity index (χ1) is 8.37. The Hall–Kier alpha value is -0.0200. The van der Waals surface area contributed by atoms with Crippen molar-refractivity contribution >= 4 is 17.5 Å². The van der Waals surface area contributed by atoms with E-state index in [1.807, 2.05) is 25.6 Å². The van der Waals surface area contributed by atoms with Gasteiger partial charge in [0.25, 0.3) is 0 Å². The van der Waals surface area contributed by atoms with E-state index >= 15 is 0 Å². The number of carbonyl (C=O) groups is 1. The second-order valence-electron chi connectivity index (χ2n) is 5.33. The SMILES string of the molecule is CC.CCSCC(C)(C)COCC(C)CC(C)=O. The zero-order valence-corrected chi connectivity index (χ0v) is 14.2. The number of ketones is 1. The van der Waals surface area contributed by atoms with Crippen molar-refractivity contribution in [1.82, 2.24) is 0 Å². The van der Waals surface area contributed by atoms with Gasteiger partial charge in [0.05, 0.1) is 6.61 Å². The van der Waals surface area contributed by atoms with Crippen molar-refractivity contribution < 1.29 is 9.53 Å². The molecule has 0 bridgehead atoms. The van der Waals surface area contributed by atoms with Crippen molar-refractivity contribution in [3.63, 3.8) is 0 Å². The fourth-order valence-electron chi connectivity index (χ4n) is 1.51. The quantitative estimate of drug-likeness (QED) is 0.623. The molecule has 0 aromatic heterocycles. The van der Waals surface area contributed by atoms with Gasteiger partial charge in [0, 0.05) is 18.8 Å². The van der Waals surface area contributed by atoms with Crippen LogP contribution in [-0.4, -0.2) is 30.5 Å². The van der Waals surface area contributed by atoms with Crippen LogP contribution in [0.4, 0.5) is 0 Å². The third kappa shape index (κ3) is 14.0. The lowest BCUT2D eigenvalue weighted by atomic mass is 9.98. The molecule has 110 valence electrons. The summed E-state index contributed by atoms with van der Waals surface area (Å²) in [6.07, 6.45) is 0.629. The minimum absolute atomic E-state index is 0.233. The maximum atomic E-state index is 10.9. The van der Waals surface area contributed by atoms with Crippen LogP contribution in [-0.2, 0) is 9.53 Å². The first-order valence-electron chi connectivity index (χ1n) is 7.02. The number of Topliss-reactive ketones (excluding diaryl/α,β-unsaturated/α-hetero) is 1. The van der Waals surface area contributed by atoms with Crippen molar-refractivity contribution in [3.8, 4) is 0 Å². The summed E-state index contributed by atoms with van der Waals surface area (Å²) >= 11 is 1.95. The molecule has 2 nitrogen and oxygen atoms in total. The van der Waals surface area contributed by atoms with Gasteiger partial charge in [0.2, 0.25) is 0 Å². The zero-order valence-electron chi connectivity index (χ0n) is 13.3. The fraction of sp³-hybridized carbons (Fsp3) is 0.933. The van der Waals surface area contributed by atoms with E-state index in [1.165, 1.54) is 0 Å². The molecule has 0 saturated heterocycles. The fourth-order valence-corrected chi connectivity index (χ4v) is 2.35. The summed E-state index contributed by atoms with van der Waals surface area (Å²) < 4.78 is 5.69. The maximum Gasteiger partial charge on any atom is 0.130 e. The molecule has 0 aliphatic rings. The van der Waals surface area contributed by atoms with Crippen LogP contribution in [0, 0.1) is 11.3 Å². The van der Waals surface area contributed by atoms with Gasteiger partial charge >= 0.3 is 0 Å². The summed E-state index contributed by atoms with van der Waals surface area (Å²) in [6.45, 7) is 15.8. The molecule has 1 atom stereocenters. The third-order valence-corrected chi connectivity index (χ3v) is 3.62. The summed E-state index contributed by atoms with van der Waals surface area (Å²) in [4.78, 5) is 10.9. The monoisotopic (exact) mass is 276 g/mol. The largest absolute Gasteiger partial charge is 0.381 e. The van der Waals surface area contributed by atoms with Crippen molar-refractivity contribution in [2.75, 3.05) is 24.7 Å². The van der Waals surface area contributed by atoms with Crippen molar-refractivity contribution in [2.45, 2.75) is 54.9 Å². The van der Waals surface area contributed by atoms with Crippen LogP contribution < -0.4 is 0 Å². The summed E-state index contributed by atoms with van der Waals surface area (Å²) in [5, 5.41) is 0. The number of hydrogen-bond acceptors (Lipinski definition) is 3. The van der Waals surface area contributed by atoms with Gasteiger partial charge in [-0.2, -0.15) is 11.8 Å². The number of rotatable bonds is 9. The molecule has 3 heteroatoms. The lowest BCUT2D eigenvalue weighted by molar-refractivity contribution is -0.118. The standard InChI is InChI=1S/C13H26O2S.C2H6/c1-6-16-10-13(4,5)9-15-8-11(2)7-12(3)14;1-2/h11H,6-10H2,1-5H3;1-2H3. The minimum atomic E-state index is 0.233. The van der Waals surface area contributed by atoms with E-state index in [-0.39, 0.29) is 11.2 Å². The van der Waals surface area contributed by atoms with Crippen LogP contribution in [0.1, 0.15) is 54.9 Å². The molecule has 0 saturated carbocycles. The normalized spacial score (nSPS) is 12.6. The van der Waals surface area contributed by atoms with E-state index < -0.39 is 0 Å². The Labute approximate surface area is 118 Å². The van der Waals surface area contributed by atoms with Gasteiger partial charge in [-0.25, -0.2) is 0 Å². The van der Waals surface area contributed by atoms with Crippen LogP contribution >= 0.6 is 11.8 Å². The summed E-state index contributed by atoms with van der Waals surface area (Å²) in [6, 6.07) is 0. The highest BCUT2D eigenvalue weighted by Gasteiger charge is 2.18. The van der Waals surface area contributed by atoms with E-state index in [2.05, 4.69) is 27.7 Å². The van der Waals surface area contributed by atoms with Gasteiger partial charge in [-0.15, -0.1) is 0 Å². The lowest BCUT2D eigenvalue weighted by Gasteiger charge is -2.24. The number of ether oxygens (including phenoxy) is 1. The van der Waals surface area contributed by atoms with Crippen LogP contribution in [0.5, 0.6) is 0 Å². The molecule has 0 aliphatic heterocycles. The van der Waals surface area contributed by atoms with Gasteiger partial charge in [0.1, 0.15) is 5.78 Å². The Morgan fingerprint density at radius 2 is 1.89 bits per heavy atom. The van der Waals surface area contributed by atoms with Crippen molar-refractivity contribution in [3.05, 3.63) is 0 Å². The van der Waals surface area contributed by atoms with Crippen LogP contribution in [0.15, 0.2) is 0 Å². The smallest absolute Gasteiger partial charge is 0.130 e. The van der Waals surface area contributed by atoms with Gasteiger partial charge in [0.15, 0.2) is 0 Å². The molecule has 1 unspecified atom stereocenters. The van der Waals surface area contributed by atoms with E-state index in [4.69, 9.17) is 4.74 Å². The molecular weight excluding hydrogens is 244 g/mol. The molecule has 0 amide bonds. The Bertz CT molecular complexity index is 203. The van der Waals surface area contributed by atoms with E-state index in [9.17, 15) is 4.79 Å². The van der Waals surface area contributed by atoms with Crippen LogP contribution in [0.2, 0.25) is 0 Å². The van der Waals surface area contributed by atoms with Gasteiger partial charge in [-0.3, -0.25) is 0 Å². The summed E-state index contributed by atoms with van der Waals surface area (Å²) in [5.41, 5.74) is 0.233. The second kappa shape index (κ2) is 12.0. The molecule has 0 heterocycles. The van der Waals surface area contributed by atoms with E-state index in [1.54, 1.807) is 6.92 Å². The molecule has 0 radical (unpaired) electrons. The number of carbonyl (C=O) groups excluding carboxylic acids is 1. The average Bonchev–Trinajstić information content (AvgIpc) is 2.28. The van der Waals surface area contributed by atoms with Gasteiger partial charge in [-0.1, -0.05) is 41.5 Å². The molecule has 0 rings (SSSR count). The Morgan fingerprint density at radius 3 is 2.33 bits per heavy atom. The molecule has 0 aromatic carbocycles. The molecule has 0 aromatic rings. The molecule has 0 aliphatic carbocycles. The topological polar surface area (TPSA) is 26.3 Å². The van der Waals surface area contributed by atoms with Crippen LogP contribution in [0.3, 0.4) is 0 Å². The highest BCUT2D eigenvalue weighted by Crippen LogP contribution is 2.22. The van der Waals surface area contributed by atoms with E-state index in [0.29, 0.717) is 18.9 Å². The molecule has 0 N–H and O–H groups in total. The average molecular weight is 276 g/mol. The predicted molar refractivity (Wildman–Crippen MR) is 83.4 cm³/mol. The van der Waals surface area contributed by atoms with Crippen molar-refractivity contribution in [1.29, 1.82) is 0 Å². The minimum Gasteiger partial charge on any atom is -0.381 e. The van der Waals surface area contributed by atoms with Gasteiger partial charge < -0.3 is 9.53 Å². The van der Waals surface area contributed by atoms with Crippen molar-refractivity contribution in [2.24, 2.45) is 11.3 Å². The molecule has 0 fully saturated rings. The first kappa shape index (κ1) is 20.3. The summed E-state index contributed by atoms with van der Waals surface area (Å²) in [5.74, 6) is 2.87. The Kier molecular flexibility index (Phi) is 13.6.